The molecule has 0 aliphatic heterocycles. The smallest absolute Gasteiger partial charge is 0.0595 e. The molecule has 0 rings (SSSR count). The summed E-state index contributed by atoms with van der Waals surface area (Å²) < 4.78 is 0. The van der Waals surface area contributed by atoms with Crippen LogP contribution in [0.25, 0.3) is 0 Å². The highest BCUT2D eigenvalue weighted by Crippen LogP contribution is 1.75. The van der Waals surface area contributed by atoms with Gasteiger partial charge in [-0.25, -0.2) is 0 Å². The molecule has 0 fully saturated rings. The third-order valence-corrected chi connectivity index (χ3v) is 0.508. The second-order valence-corrected chi connectivity index (χ2v) is 1.04. The van der Waals surface area contributed by atoms with E-state index in [0.717, 1.165) is 6.32 Å². The van der Waals surface area contributed by atoms with Gasteiger partial charge in [-0.15, -0.1) is 0 Å². The average molecular weight is 76.7 g/mol. The van der Waals surface area contributed by atoms with E-state index in [2.05, 4.69) is 0 Å². The molecule has 0 nitrogen and oxygen atoms in total. The molecule has 0 aliphatic carbocycles. The van der Waals surface area contributed by atoms with E-state index in [4.69, 9.17) is 7.74 Å². The van der Waals surface area contributed by atoms with Crippen molar-refractivity contribution < 1.29 is 0 Å². The summed E-state index contributed by atoms with van der Waals surface area (Å²) in [7, 11) is 6.66. The molecule has 0 aromatic heterocycles. The highest BCUT2D eigenvalue weighted by atomic mass is 13.5. The lowest BCUT2D eigenvalue weighted by Crippen LogP contribution is -1.80. The van der Waals surface area contributed by atoms with Crippen LogP contribution in [0.3, 0.4) is 0 Å². The molecule has 29 valence electrons. The fourth-order valence-electron chi connectivity index (χ4n) is 0.215. The van der Waals surface area contributed by atoms with Gasteiger partial charge in [-0.2, -0.15) is 0 Å². The lowest BCUT2D eigenvalue weighted by molar-refractivity contribution is 1.62. The summed E-state index contributed by atoms with van der Waals surface area (Å²) in [4.78, 5) is 0. The van der Waals surface area contributed by atoms with Crippen molar-refractivity contribution in [3.05, 3.63) is 12.2 Å². The molecular weight excluding hydrogens is 69.7 g/mol. The summed E-state index contributed by atoms with van der Waals surface area (Å²) in [6.07, 6.45) is 4.86. The Bertz CT molecular complexity index is 40.8. The first-order valence-electron chi connectivity index (χ1n) is 2.06. The third-order valence-electron chi connectivity index (χ3n) is 0.508. The molecule has 2 heteroatoms. The van der Waals surface area contributed by atoms with Gasteiger partial charge in [0, 0.05) is 7.74 Å². The molecule has 0 saturated carbocycles. The predicted octanol–water partition coefficient (Wildman–Crippen LogP) is 0.768. The van der Waals surface area contributed by atoms with E-state index in [-0.39, 0.29) is 0 Å². The monoisotopic (exact) mass is 77.1 g/mol. The van der Waals surface area contributed by atoms with E-state index in [1.165, 1.54) is 0 Å². The van der Waals surface area contributed by atoms with Crippen LogP contribution in [0.5, 0.6) is 0 Å². The van der Waals surface area contributed by atoms with E-state index in [1.807, 2.05) is 19.1 Å². The van der Waals surface area contributed by atoms with Crippen molar-refractivity contribution in [1.29, 1.82) is 0 Å². The molecule has 3 radical (unpaired) electrons. The number of hydrogen-bond acceptors (Lipinski definition) is 0. The van der Waals surface area contributed by atoms with Gasteiger partial charge in [-0.1, -0.05) is 18.5 Å². The Hall–Kier alpha value is -0.130. The SMILES string of the molecule is [B][B]C/C=C\C. The van der Waals surface area contributed by atoms with Crippen molar-refractivity contribution in [3.8, 4) is 0 Å². The molecular formula is C4H7B2. The van der Waals surface area contributed by atoms with Crippen molar-refractivity contribution in [3.63, 3.8) is 0 Å². The van der Waals surface area contributed by atoms with E-state index in [0.29, 0.717) is 0 Å². The molecule has 6 heavy (non-hydrogen) atoms. The fraction of sp³-hybridized carbons (Fsp3) is 0.500. The zero-order valence-corrected chi connectivity index (χ0v) is 4.02. The van der Waals surface area contributed by atoms with Gasteiger partial charge in [-0.3, -0.25) is 0 Å². The molecule has 0 amide bonds. The molecule has 0 atom stereocenters. The van der Waals surface area contributed by atoms with Crippen molar-refractivity contribution in [2.45, 2.75) is 13.2 Å². The van der Waals surface area contributed by atoms with Crippen molar-refractivity contribution >= 4 is 14.9 Å². The Morgan fingerprint density at radius 3 is 2.67 bits per heavy atom. The van der Waals surface area contributed by atoms with Crippen molar-refractivity contribution in [1.82, 2.24) is 0 Å². The Balaban J connectivity index is 2.66. The van der Waals surface area contributed by atoms with Gasteiger partial charge in [0.15, 0.2) is 0 Å². The van der Waals surface area contributed by atoms with Crippen LogP contribution in [0.15, 0.2) is 12.2 Å². The van der Waals surface area contributed by atoms with Crippen LogP contribution in [0.4, 0.5) is 0 Å². The van der Waals surface area contributed by atoms with Gasteiger partial charge in [0.25, 0.3) is 0 Å². The molecule has 0 saturated heterocycles. The third kappa shape index (κ3) is 3.87. The maximum absolute atomic E-state index is 5.04. The van der Waals surface area contributed by atoms with Crippen LogP contribution < -0.4 is 0 Å². The summed E-state index contributed by atoms with van der Waals surface area (Å²) >= 11 is 0. The summed E-state index contributed by atoms with van der Waals surface area (Å²) in [5.41, 5.74) is 0. The first-order chi connectivity index (χ1) is 2.91. The zero-order chi connectivity index (χ0) is 4.83. The van der Waals surface area contributed by atoms with Gasteiger partial charge in [0.05, 0.1) is 7.17 Å². The van der Waals surface area contributed by atoms with Crippen molar-refractivity contribution in [2.75, 3.05) is 0 Å². The number of rotatable bonds is 2. The fourth-order valence-corrected chi connectivity index (χ4v) is 0.215. The zero-order valence-electron chi connectivity index (χ0n) is 4.02. The maximum Gasteiger partial charge on any atom is 0.0595 e. The molecule has 0 N–H and O–H groups in total. The van der Waals surface area contributed by atoms with Gasteiger partial charge in [0.2, 0.25) is 0 Å². The Kier molecular flexibility index (Phi) is 4.76. The number of allylic oxidation sites excluding steroid dienone is 2. The first-order valence-corrected chi connectivity index (χ1v) is 2.06. The van der Waals surface area contributed by atoms with E-state index >= 15 is 0 Å². The van der Waals surface area contributed by atoms with E-state index in [1.54, 1.807) is 7.17 Å². The van der Waals surface area contributed by atoms with Gasteiger partial charge in [-0.05, 0) is 6.92 Å². The topological polar surface area (TPSA) is 0 Å². The largest absolute Gasteiger partial charge is 0.0974 e. The standard InChI is InChI=1S/C4H7B2/c1-2-3-4-6-5/h2-3H,4H2,1H3/b3-2-. The highest BCUT2D eigenvalue weighted by Gasteiger charge is 1.67. The molecule has 0 aromatic carbocycles. The molecule has 0 aliphatic rings. The molecule has 0 spiro atoms. The van der Waals surface area contributed by atoms with Crippen LogP contribution in [-0.2, 0) is 0 Å². The summed E-state index contributed by atoms with van der Waals surface area (Å²) in [5, 5.41) is 0. The lowest BCUT2D eigenvalue weighted by Gasteiger charge is -1.74. The quantitative estimate of drug-likeness (QED) is 0.337. The highest BCUT2D eigenvalue weighted by molar-refractivity contribution is 6.89. The van der Waals surface area contributed by atoms with Gasteiger partial charge >= 0.3 is 0 Å². The summed E-state index contributed by atoms with van der Waals surface area (Å²) in [6, 6.07) is 0. The number of hydrogen-bond donors (Lipinski definition) is 0. The normalized spacial score (nSPS) is 9.50. The lowest BCUT2D eigenvalue weighted by atomic mass is 9.54. The van der Waals surface area contributed by atoms with E-state index < -0.39 is 0 Å². The minimum Gasteiger partial charge on any atom is -0.0974 e. The van der Waals surface area contributed by atoms with Crippen LogP contribution >= 0.6 is 0 Å². The van der Waals surface area contributed by atoms with E-state index in [9.17, 15) is 0 Å². The Morgan fingerprint density at radius 1 is 1.83 bits per heavy atom. The first kappa shape index (κ1) is 5.87. The summed E-state index contributed by atoms with van der Waals surface area (Å²) in [5.74, 6) is 0. The Morgan fingerprint density at radius 2 is 2.50 bits per heavy atom. The van der Waals surface area contributed by atoms with Gasteiger partial charge in [0.1, 0.15) is 0 Å². The maximum atomic E-state index is 5.04. The van der Waals surface area contributed by atoms with Crippen LogP contribution in [-0.4, -0.2) is 14.9 Å². The average Bonchev–Trinajstić information content (AvgIpc) is 1.61. The van der Waals surface area contributed by atoms with Crippen LogP contribution in [0.1, 0.15) is 6.92 Å². The predicted molar refractivity (Wildman–Crippen MR) is 31.1 cm³/mol. The second-order valence-electron chi connectivity index (χ2n) is 1.04. The second kappa shape index (κ2) is 4.87. The molecule has 0 aromatic rings. The molecule has 0 heterocycles. The van der Waals surface area contributed by atoms with Crippen molar-refractivity contribution in [2.24, 2.45) is 0 Å². The van der Waals surface area contributed by atoms with Crippen LogP contribution in [0, 0.1) is 0 Å². The van der Waals surface area contributed by atoms with Gasteiger partial charge < -0.3 is 0 Å². The Labute approximate surface area is 41.3 Å². The summed E-state index contributed by atoms with van der Waals surface area (Å²) in [6.45, 7) is 1.98. The minimum absolute atomic E-state index is 0.885. The van der Waals surface area contributed by atoms with Crippen LogP contribution in [0.2, 0.25) is 6.32 Å². The minimum atomic E-state index is 0.885. The molecule has 0 unspecified atom stereocenters. The molecule has 0 bridgehead atoms.